The average molecular weight is 228 g/mol. The summed E-state index contributed by atoms with van der Waals surface area (Å²) in [6.45, 7) is 4.03. The van der Waals surface area contributed by atoms with E-state index in [1.807, 2.05) is 44.2 Å². The van der Waals surface area contributed by atoms with Gasteiger partial charge in [0, 0.05) is 23.2 Å². The number of hydrogen-bond acceptors (Lipinski definition) is 3. The number of pyridine rings is 1. The molecule has 0 aliphatic carbocycles. The molecule has 0 radical (unpaired) electrons. The second-order valence-corrected chi connectivity index (χ2v) is 4.09. The summed E-state index contributed by atoms with van der Waals surface area (Å²) < 4.78 is 0. The van der Waals surface area contributed by atoms with Crippen LogP contribution < -0.4 is 11.3 Å². The summed E-state index contributed by atoms with van der Waals surface area (Å²) in [5.74, 6) is 6.24. The standard InChI is InChI=1S/C13H16N4/c1-9(2)16-13(17-14)11-5-3-7-12-10(11)6-4-8-15-12/h3-9H,14H2,1-2H3,(H,16,17). The van der Waals surface area contributed by atoms with Crippen LogP contribution >= 0.6 is 0 Å². The first-order valence-corrected chi connectivity index (χ1v) is 5.61. The molecular weight excluding hydrogens is 212 g/mol. The average Bonchev–Trinajstić information content (AvgIpc) is 2.35. The zero-order valence-corrected chi connectivity index (χ0v) is 10.0. The molecule has 0 saturated carbocycles. The Morgan fingerprint density at radius 1 is 1.29 bits per heavy atom. The smallest absolute Gasteiger partial charge is 0.143 e. The fourth-order valence-electron chi connectivity index (χ4n) is 1.75. The first kappa shape index (κ1) is 11.5. The maximum atomic E-state index is 5.54. The van der Waals surface area contributed by atoms with Crippen molar-refractivity contribution in [2.24, 2.45) is 10.8 Å². The number of amidine groups is 1. The number of rotatable bonds is 2. The number of nitrogens with zero attached hydrogens (tertiary/aromatic N) is 2. The summed E-state index contributed by atoms with van der Waals surface area (Å²) in [6, 6.07) is 10.0. The van der Waals surface area contributed by atoms with E-state index >= 15 is 0 Å². The van der Waals surface area contributed by atoms with Crippen LogP contribution in [0, 0.1) is 0 Å². The highest BCUT2D eigenvalue weighted by Gasteiger charge is 2.07. The molecule has 2 rings (SSSR count). The number of hydrogen-bond donors (Lipinski definition) is 2. The van der Waals surface area contributed by atoms with Gasteiger partial charge in [0.25, 0.3) is 0 Å². The molecular formula is C13H16N4. The Bertz CT molecular complexity index is 541. The number of aromatic nitrogens is 1. The molecule has 0 fully saturated rings. The van der Waals surface area contributed by atoms with Gasteiger partial charge in [-0.05, 0) is 26.0 Å². The molecule has 1 heterocycles. The van der Waals surface area contributed by atoms with Crippen molar-refractivity contribution >= 4 is 16.7 Å². The number of aliphatic imine (C=N–C) groups is 1. The molecule has 0 spiro atoms. The molecule has 0 aliphatic heterocycles. The van der Waals surface area contributed by atoms with Gasteiger partial charge >= 0.3 is 0 Å². The topological polar surface area (TPSA) is 63.3 Å². The fourth-order valence-corrected chi connectivity index (χ4v) is 1.75. The van der Waals surface area contributed by atoms with Gasteiger partial charge in [0.2, 0.25) is 0 Å². The van der Waals surface area contributed by atoms with E-state index in [2.05, 4.69) is 15.4 Å². The summed E-state index contributed by atoms with van der Waals surface area (Å²) in [4.78, 5) is 8.78. The van der Waals surface area contributed by atoms with E-state index in [0.29, 0.717) is 5.84 Å². The van der Waals surface area contributed by atoms with Crippen LogP contribution in [0.4, 0.5) is 0 Å². The zero-order valence-electron chi connectivity index (χ0n) is 10.0. The number of nitrogens with one attached hydrogen (secondary N) is 1. The molecule has 4 heteroatoms. The first-order valence-electron chi connectivity index (χ1n) is 5.61. The number of hydrazine groups is 1. The Labute approximate surface area is 101 Å². The highest BCUT2D eigenvalue weighted by molar-refractivity contribution is 6.08. The van der Waals surface area contributed by atoms with Gasteiger partial charge in [-0.1, -0.05) is 18.2 Å². The quantitative estimate of drug-likeness (QED) is 0.357. The second kappa shape index (κ2) is 4.93. The monoisotopic (exact) mass is 228 g/mol. The van der Waals surface area contributed by atoms with Crippen molar-refractivity contribution in [3.05, 3.63) is 42.1 Å². The molecule has 88 valence electrons. The van der Waals surface area contributed by atoms with Crippen molar-refractivity contribution in [3.8, 4) is 0 Å². The van der Waals surface area contributed by atoms with Crippen LogP contribution in [0.3, 0.4) is 0 Å². The molecule has 2 aromatic rings. The molecule has 1 aromatic heterocycles. The lowest BCUT2D eigenvalue weighted by atomic mass is 10.1. The van der Waals surface area contributed by atoms with Gasteiger partial charge in [0.05, 0.1) is 5.52 Å². The number of benzene rings is 1. The van der Waals surface area contributed by atoms with Crippen LogP contribution in [0.25, 0.3) is 10.9 Å². The molecule has 0 aliphatic rings. The lowest BCUT2D eigenvalue weighted by molar-refractivity contribution is 0.821. The summed E-state index contributed by atoms with van der Waals surface area (Å²) in [7, 11) is 0. The summed E-state index contributed by atoms with van der Waals surface area (Å²) in [5, 5.41) is 1.05. The third-order valence-electron chi connectivity index (χ3n) is 2.42. The SMILES string of the molecule is CC(C)N=C(NN)c1cccc2ncccc12. The normalized spacial score (nSPS) is 12.1. The van der Waals surface area contributed by atoms with Crippen LogP contribution in [-0.2, 0) is 0 Å². The minimum Gasteiger partial charge on any atom is -0.308 e. The predicted molar refractivity (Wildman–Crippen MR) is 70.7 cm³/mol. The van der Waals surface area contributed by atoms with Gasteiger partial charge in [0.15, 0.2) is 0 Å². The predicted octanol–water partition coefficient (Wildman–Crippen LogP) is 1.85. The Morgan fingerprint density at radius 3 is 2.82 bits per heavy atom. The highest BCUT2D eigenvalue weighted by Crippen LogP contribution is 2.16. The Balaban J connectivity index is 2.61. The number of fused-ring (bicyclic) bond motifs is 1. The van der Waals surface area contributed by atoms with Crippen molar-refractivity contribution in [1.82, 2.24) is 10.4 Å². The Hall–Kier alpha value is -1.94. The molecule has 1 aromatic carbocycles. The van der Waals surface area contributed by atoms with Crippen LogP contribution in [0.15, 0.2) is 41.5 Å². The van der Waals surface area contributed by atoms with Crippen LogP contribution in [-0.4, -0.2) is 16.9 Å². The van der Waals surface area contributed by atoms with E-state index in [4.69, 9.17) is 5.84 Å². The molecule has 0 bridgehead atoms. The third-order valence-corrected chi connectivity index (χ3v) is 2.42. The van der Waals surface area contributed by atoms with Gasteiger partial charge < -0.3 is 5.43 Å². The van der Waals surface area contributed by atoms with Gasteiger partial charge in [-0.15, -0.1) is 0 Å². The van der Waals surface area contributed by atoms with Crippen molar-refractivity contribution in [2.45, 2.75) is 19.9 Å². The number of nitrogens with two attached hydrogens (primary N) is 1. The van der Waals surface area contributed by atoms with Gasteiger partial charge in [-0.3, -0.25) is 9.98 Å². The van der Waals surface area contributed by atoms with E-state index in [1.54, 1.807) is 6.20 Å². The molecule has 3 N–H and O–H groups in total. The molecule has 0 atom stereocenters. The van der Waals surface area contributed by atoms with Crippen molar-refractivity contribution in [3.63, 3.8) is 0 Å². The van der Waals surface area contributed by atoms with E-state index in [0.717, 1.165) is 16.5 Å². The second-order valence-electron chi connectivity index (χ2n) is 4.09. The molecule has 4 nitrogen and oxygen atoms in total. The lowest BCUT2D eigenvalue weighted by Gasteiger charge is -2.10. The Kier molecular flexibility index (Phi) is 3.35. The van der Waals surface area contributed by atoms with E-state index < -0.39 is 0 Å². The lowest BCUT2D eigenvalue weighted by Crippen LogP contribution is -2.32. The van der Waals surface area contributed by atoms with E-state index in [9.17, 15) is 0 Å². The van der Waals surface area contributed by atoms with E-state index in [-0.39, 0.29) is 6.04 Å². The summed E-state index contributed by atoms with van der Waals surface area (Å²) in [5.41, 5.74) is 4.58. The molecule has 17 heavy (non-hydrogen) atoms. The van der Waals surface area contributed by atoms with Crippen molar-refractivity contribution in [1.29, 1.82) is 0 Å². The zero-order chi connectivity index (χ0) is 12.3. The van der Waals surface area contributed by atoms with Crippen LogP contribution in [0.2, 0.25) is 0 Å². The molecule has 0 unspecified atom stereocenters. The summed E-state index contributed by atoms with van der Waals surface area (Å²) >= 11 is 0. The first-order chi connectivity index (χ1) is 8.22. The minimum atomic E-state index is 0.188. The van der Waals surface area contributed by atoms with Gasteiger partial charge in [-0.2, -0.15) is 0 Å². The largest absolute Gasteiger partial charge is 0.308 e. The maximum Gasteiger partial charge on any atom is 0.143 e. The van der Waals surface area contributed by atoms with Gasteiger partial charge in [0.1, 0.15) is 5.84 Å². The third kappa shape index (κ3) is 2.42. The highest BCUT2D eigenvalue weighted by atomic mass is 15.3. The molecule has 0 amide bonds. The summed E-state index contributed by atoms with van der Waals surface area (Å²) in [6.07, 6.45) is 1.78. The Morgan fingerprint density at radius 2 is 2.12 bits per heavy atom. The van der Waals surface area contributed by atoms with Crippen molar-refractivity contribution < 1.29 is 0 Å². The van der Waals surface area contributed by atoms with Crippen LogP contribution in [0.1, 0.15) is 19.4 Å². The van der Waals surface area contributed by atoms with Crippen LogP contribution in [0.5, 0.6) is 0 Å². The molecule has 0 saturated heterocycles. The van der Waals surface area contributed by atoms with E-state index in [1.165, 1.54) is 0 Å². The maximum absolute atomic E-state index is 5.54. The minimum absolute atomic E-state index is 0.188. The van der Waals surface area contributed by atoms with Crippen molar-refractivity contribution in [2.75, 3.05) is 0 Å². The fraction of sp³-hybridized carbons (Fsp3) is 0.231. The van der Waals surface area contributed by atoms with Gasteiger partial charge in [-0.25, -0.2) is 5.84 Å².